The molecule has 1 amide bonds. The lowest BCUT2D eigenvalue weighted by Gasteiger charge is -2.20. The maximum atomic E-state index is 12.6. The summed E-state index contributed by atoms with van der Waals surface area (Å²) in [4.78, 5) is 15.4. The van der Waals surface area contributed by atoms with Crippen LogP contribution in [0.1, 0.15) is 25.0 Å². The molecule has 148 valence electrons. The Morgan fingerprint density at radius 1 is 1.03 bits per heavy atom. The van der Waals surface area contributed by atoms with Gasteiger partial charge in [-0.1, -0.05) is 66.4 Å². The number of amides is 1. The highest BCUT2D eigenvalue weighted by Gasteiger charge is 2.31. The monoisotopic (exact) mass is 421 g/mol. The number of carbonyl (C=O) groups excluding carboxylic acids is 1. The van der Waals surface area contributed by atoms with E-state index in [4.69, 9.17) is 12.2 Å². The molecule has 0 aliphatic carbocycles. The van der Waals surface area contributed by atoms with E-state index in [2.05, 4.69) is 36.0 Å². The van der Waals surface area contributed by atoms with Crippen LogP contribution >= 0.6 is 24.0 Å². The molecular weight excluding hydrogens is 398 g/mol. The summed E-state index contributed by atoms with van der Waals surface area (Å²) in [5.41, 5.74) is 3.17. The number of hydrazone groups is 1. The Kier molecular flexibility index (Phi) is 7.38. The summed E-state index contributed by atoms with van der Waals surface area (Å²) in [6.45, 7) is 6.20. The van der Waals surface area contributed by atoms with Gasteiger partial charge in [0.05, 0.1) is 11.1 Å². The second kappa shape index (κ2) is 10.2. The molecule has 2 aromatic rings. The predicted molar refractivity (Wildman–Crippen MR) is 128 cm³/mol. The van der Waals surface area contributed by atoms with E-state index in [0.717, 1.165) is 24.2 Å². The highest BCUT2D eigenvalue weighted by atomic mass is 32.2. The summed E-state index contributed by atoms with van der Waals surface area (Å²) in [5, 5.41) is 5.58. The number of hydrogen-bond donors (Lipinski definition) is 0. The first-order chi connectivity index (χ1) is 14.1. The van der Waals surface area contributed by atoms with Crippen LogP contribution in [0, 0.1) is 0 Å². The third-order valence-corrected chi connectivity index (χ3v) is 5.75. The molecule has 0 saturated carbocycles. The first kappa shape index (κ1) is 21.0. The number of benzene rings is 2. The number of allylic oxidation sites excluding steroid dienone is 2. The average Bonchev–Trinajstić information content (AvgIpc) is 3.02. The van der Waals surface area contributed by atoms with Crippen LogP contribution in [0.4, 0.5) is 5.69 Å². The number of anilines is 1. The summed E-state index contributed by atoms with van der Waals surface area (Å²) in [6.07, 6.45) is 7.25. The molecule has 29 heavy (non-hydrogen) atoms. The molecule has 1 fully saturated rings. The van der Waals surface area contributed by atoms with E-state index >= 15 is 0 Å². The van der Waals surface area contributed by atoms with Crippen LogP contribution in [0.3, 0.4) is 0 Å². The van der Waals surface area contributed by atoms with Crippen LogP contribution in [0.25, 0.3) is 6.08 Å². The van der Waals surface area contributed by atoms with Crippen molar-refractivity contribution in [3.63, 3.8) is 0 Å². The van der Waals surface area contributed by atoms with Gasteiger partial charge in [0, 0.05) is 18.8 Å². The number of hydrogen-bond acceptors (Lipinski definition) is 5. The Morgan fingerprint density at radius 2 is 1.72 bits per heavy atom. The third-order valence-electron chi connectivity index (χ3n) is 4.45. The predicted octanol–water partition coefficient (Wildman–Crippen LogP) is 5.32. The standard InChI is InChI=1S/C23H23N3OS2/c1-3-25(4-2)20-15-13-19(14-16-20)17-24-26-22(27)21(29-23(26)28)12-8-11-18-9-6-5-7-10-18/h5-17H,3-4H2,1-2H3/b11-8-,21-12+,24-17+. The van der Waals surface area contributed by atoms with Gasteiger partial charge in [-0.3, -0.25) is 4.79 Å². The average molecular weight is 422 g/mol. The number of thioether (sulfide) groups is 1. The quantitative estimate of drug-likeness (QED) is 0.344. The van der Waals surface area contributed by atoms with Gasteiger partial charge in [0.2, 0.25) is 0 Å². The SMILES string of the molecule is CCN(CC)c1ccc(/C=N/N2C(=O)/C(=C\C=C/c3ccccc3)SC2=S)cc1. The molecule has 0 aromatic heterocycles. The fraction of sp³-hybridized carbons (Fsp3) is 0.174. The molecule has 0 bridgehead atoms. The Bertz CT molecular complexity index is 946. The van der Waals surface area contributed by atoms with Crippen molar-refractivity contribution in [2.45, 2.75) is 13.8 Å². The van der Waals surface area contributed by atoms with Gasteiger partial charge >= 0.3 is 0 Å². The third kappa shape index (κ3) is 5.43. The lowest BCUT2D eigenvalue weighted by atomic mass is 10.2. The summed E-state index contributed by atoms with van der Waals surface area (Å²) >= 11 is 6.58. The molecule has 0 unspecified atom stereocenters. The van der Waals surface area contributed by atoms with Crippen LogP contribution in [0.2, 0.25) is 0 Å². The fourth-order valence-corrected chi connectivity index (χ4v) is 3.99. The van der Waals surface area contributed by atoms with Crippen molar-refractivity contribution in [3.05, 3.63) is 82.8 Å². The summed E-state index contributed by atoms with van der Waals surface area (Å²) in [6, 6.07) is 18.0. The van der Waals surface area contributed by atoms with Gasteiger partial charge in [0.15, 0.2) is 4.32 Å². The number of rotatable bonds is 7. The van der Waals surface area contributed by atoms with Crippen molar-refractivity contribution in [2.24, 2.45) is 5.10 Å². The largest absolute Gasteiger partial charge is 0.372 e. The van der Waals surface area contributed by atoms with E-state index in [-0.39, 0.29) is 5.91 Å². The van der Waals surface area contributed by atoms with Gasteiger partial charge in [-0.15, -0.1) is 0 Å². The molecule has 1 saturated heterocycles. The van der Waals surface area contributed by atoms with Crippen LogP contribution < -0.4 is 4.90 Å². The minimum absolute atomic E-state index is 0.200. The maximum Gasteiger partial charge on any atom is 0.286 e. The van der Waals surface area contributed by atoms with Gasteiger partial charge in [-0.05, 0) is 55.4 Å². The van der Waals surface area contributed by atoms with Crippen LogP contribution in [0.5, 0.6) is 0 Å². The van der Waals surface area contributed by atoms with E-state index < -0.39 is 0 Å². The molecule has 2 aromatic carbocycles. The normalized spacial score (nSPS) is 15.9. The first-order valence-corrected chi connectivity index (χ1v) is 10.7. The van der Waals surface area contributed by atoms with E-state index in [1.54, 1.807) is 12.3 Å². The summed E-state index contributed by atoms with van der Waals surface area (Å²) < 4.78 is 0.436. The fourth-order valence-electron chi connectivity index (χ4n) is 2.87. The molecule has 3 rings (SSSR count). The summed E-state index contributed by atoms with van der Waals surface area (Å²) in [7, 11) is 0. The summed E-state index contributed by atoms with van der Waals surface area (Å²) in [5.74, 6) is -0.200. The number of thiocarbonyl (C=S) groups is 1. The first-order valence-electron chi connectivity index (χ1n) is 9.51. The molecule has 0 spiro atoms. The van der Waals surface area contributed by atoms with Crippen molar-refractivity contribution in [2.75, 3.05) is 18.0 Å². The van der Waals surface area contributed by atoms with E-state index in [1.807, 2.05) is 54.6 Å². The second-order valence-corrected chi connectivity index (χ2v) is 7.97. The molecule has 4 nitrogen and oxygen atoms in total. The van der Waals surface area contributed by atoms with Gasteiger partial charge in [0.25, 0.3) is 5.91 Å². The van der Waals surface area contributed by atoms with Crippen molar-refractivity contribution >= 4 is 52.2 Å². The van der Waals surface area contributed by atoms with Crippen molar-refractivity contribution in [1.29, 1.82) is 0 Å². The molecular formula is C23H23N3OS2. The molecule has 6 heteroatoms. The van der Waals surface area contributed by atoms with Gasteiger partial charge in [0.1, 0.15) is 0 Å². The molecule has 0 radical (unpaired) electrons. The molecule has 1 aliphatic rings. The highest BCUT2D eigenvalue weighted by Crippen LogP contribution is 2.31. The van der Waals surface area contributed by atoms with Crippen molar-refractivity contribution < 1.29 is 4.79 Å². The molecule has 1 aliphatic heterocycles. The Labute approximate surface area is 181 Å². The molecule has 1 heterocycles. The lowest BCUT2D eigenvalue weighted by Crippen LogP contribution is -2.22. The van der Waals surface area contributed by atoms with Crippen LogP contribution in [-0.4, -0.2) is 34.5 Å². The zero-order valence-electron chi connectivity index (χ0n) is 16.5. The minimum Gasteiger partial charge on any atom is -0.372 e. The van der Waals surface area contributed by atoms with E-state index in [0.29, 0.717) is 9.23 Å². The maximum absolute atomic E-state index is 12.6. The highest BCUT2D eigenvalue weighted by molar-refractivity contribution is 8.26. The molecule has 0 atom stereocenters. The smallest absolute Gasteiger partial charge is 0.286 e. The Hall–Kier alpha value is -2.70. The van der Waals surface area contributed by atoms with Gasteiger partial charge < -0.3 is 4.90 Å². The zero-order valence-corrected chi connectivity index (χ0v) is 18.1. The Morgan fingerprint density at radius 3 is 2.38 bits per heavy atom. The van der Waals surface area contributed by atoms with Crippen molar-refractivity contribution in [3.8, 4) is 0 Å². The lowest BCUT2D eigenvalue weighted by molar-refractivity contribution is -0.122. The van der Waals surface area contributed by atoms with Gasteiger partial charge in [-0.2, -0.15) is 10.1 Å². The topological polar surface area (TPSA) is 35.9 Å². The van der Waals surface area contributed by atoms with Gasteiger partial charge in [-0.25, -0.2) is 0 Å². The minimum atomic E-state index is -0.200. The second-order valence-electron chi connectivity index (χ2n) is 6.29. The zero-order chi connectivity index (χ0) is 20.6. The van der Waals surface area contributed by atoms with Crippen LogP contribution in [0.15, 0.2) is 76.8 Å². The van der Waals surface area contributed by atoms with E-state index in [9.17, 15) is 4.79 Å². The van der Waals surface area contributed by atoms with Crippen molar-refractivity contribution in [1.82, 2.24) is 5.01 Å². The molecule has 0 N–H and O–H groups in total. The number of carbonyl (C=O) groups is 1. The number of nitrogens with zero attached hydrogens (tertiary/aromatic N) is 3. The Balaban J connectivity index is 1.67. The van der Waals surface area contributed by atoms with Crippen LogP contribution in [-0.2, 0) is 4.79 Å². The van der Waals surface area contributed by atoms with E-state index in [1.165, 1.54) is 22.5 Å².